The Morgan fingerprint density at radius 1 is 1.38 bits per heavy atom. The molecule has 1 aliphatic heterocycles. The number of hydrogen-bond acceptors (Lipinski definition) is 3. The predicted molar refractivity (Wildman–Crippen MR) is 73.4 cm³/mol. The van der Waals surface area contributed by atoms with Crippen LogP contribution in [0.2, 0.25) is 0 Å². The van der Waals surface area contributed by atoms with Gasteiger partial charge in [0.1, 0.15) is 0 Å². The molecule has 1 aliphatic rings. The van der Waals surface area contributed by atoms with Gasteiger partial charge in [0, 0.05) is 29.6 Å². The number of hydrogen-bond donors (Lipinski definition) is 2. The predicted octanol–water partition coefficient (Wildman–Crippen LogP) is 1.20. The van der Waals surface area contributed by atoms with Gasteiger partial charge in [0.15, 0.2) is 0 Å². The fraction of sp³-hybridized carbons (Fsp3) is 0.364. The number of carbonyl (C=O) groups excluding carboxylic acids is 1. The molecule has 0 aliphatic carbocycles. The van der Waals surface area contributed by atoms with E-state index in [0.29, 0.717) is 13.0 Å². The second-order valence-corrected chi connectivity index (χ2v) is 5.04. The van der Waals surface area contributed by atoms with Gasteiger partial charge in [0.2, 0.25) is 5.91 Å². The Hall–Kier alpha value is -0.980. The maximum absolute atomic E-state index is 11.2. The zero-order chi connectivity index (χ0) is 11.5. The van der Waals surface area contributed by atoms with Crippen LogP contribution in [0.4, 0.5) is 11.4 Å². The summed E-state index contributed by atoms with van der Waals surface area (Å²) in [6.45, 7) is 2.23. The van der Waals surface area contributed by atoms with Crippen molar-refractivity contribution in [2.75, 3.05) is 30.3 Å². The number of carbonyl (C=O) groups is 1. The van der Waals surface area contributed by atoms with E-state index in [1.165, 1.54) is 0 Å². The number of anilines is 2. The third kappa shape index (κ3) is 2.58. The normalized spacial score (nSPS) is 16.8. The van der Waals surface area contributed by atoms with Gasteiger partial charge < -0.3 is 16.0 Å². The molecule has 1 saturated heterocycles. The third-order valence-electron chi connectivity index (χ3n) is 2.64. The van der Waals surface area contributed by atoms with Gasteiger partial charge in [-0.15, -0.1) is 0 Å². The lowest BCUT2D eigenvalue weighted by Gasteiger charge is -2.23. The fourth-order valence-corrected chi connectivity index (χ4v) is 2.34. The highest BCUT2D eigenvalue weighted by molar-refractivity contribution is 14.1. The highest BCUT2D eigenvalue weighted by Gasteiger charge is 2.15. The lowest BCUT2D eigenvalue weighted by atomic mass is 10.2. The molecule has 16 heavy (non-hydrogen) atoms. The molecule has 4 nitrogen and oxygen atoms in total. The molecule has 5 heteroatoms. The first kappa shape index (κ1) is 11.5. The van der Waals surface area contributed by atoms with Gasteiger partial charge >= 0.3 is 0 Å². The standard InChI is InChI=1S/C11H14IN3O/c12-8-1-2-10(9(13)7-8)15-5-3-11(16)14-4-6-15/h1-2,7H,3-6,13H2,(H,14,16). The van der Waals surface area contributed by atoms with Crippen LogP contribution in [0, 0.1) is 3.57 Å². The summed E-state index contributed by atoms with van der Waals surface area (Å²) >= 11 is 2.24. The summed E-state index contributed by atoms with van der Waals surface area (Å²) in [7, 11) is 0. The highest BCUT2D eigenvalue weighted by Crippen LogP contribution is 2.25. The molecular weight excluding hydrogens is 317 g/mol. The van der Waals surface area contributed by atoms with Crippen molar-refractivity contribution >= 4 is 39.9 Å². The van der Waals surface area contributed by atoms with Crippen molar-refractivity contribution in [2.45, 2.75) is 6.42 Å². The van der Waals surface area contributed by atoms with Gasteiger partial charge in [0.05, 0.1) is 11.4 Å². The molecule has 0 aromatic heterocycles. The first-order valence-corrected chi connectivity index (χ1v) is 6.31. The number of amides is 1. The average molecular weight is 331 g/mol. The van der Waals surface area contributed by atoms with Crippen LogP contribution in [0.25, 0.3) is 0 Å². The van der Waals surface area contributed by atoms with E-state index in [2.05, 4.69) is 32.8 Å². The molecule has 86 valence electrons. The zero-order valence-electron chi connectivity index (χ0n) is 8.87. The Morgan fingerprint density at radius 3 is 2.94 bits per heavy atom. The van der Waals surface area contributed by atoms with Crippen LogP contribution < -0.4 is 16.0 Å². The number of nitrogens with two attached hydrogens (primary N) is 1. The molecular formula is C11H14IN3O. The number of rotatable bonds is 1. The molecule has 0 unspecified atom stereocenters. The quantitative estimate of drug-likeness (QED) is 0.601. The summed E-state index contributed by atoms with van der Waals surface area (Å²) in [6, 6.07) is 6.01. The van der Waals surface area contributed by atoms with E-state index < -0.39 is 0 Å². The zero-order valence-corrected chi connectivity index (χ0v) is 11.0. The minimum atomic E-state index is 0.117. The Labute approximate surface area is 108 Å². The molecule has 1 heterocycles. The van der Waals surface area contributed by atoms with E-state index in [0.717, 1.165) is 28.0 Å². The van der Waals surface area contributed by atoms with Gasteiger partial charge in [0.25, 0.3) is 0 Å². The molecule has 0 bridgehead atoms. The van der Waals surface area contributed by atoms with Gasteiger partial charge in [-0.2, -0.15) is 0 Å². The van der Waals surface area contributed by atoms with Gasteiger partial charge in [-0.3, -0.25) is 4.79 Å². The molecule has 1 fully saturated rings. The topological polar surface area (TPSA) is 58.4 Å². The van der Waals surface area contributed by atoms with Crippen LogP contribution in [0.15, 0.2) is 18.2 Å². The number of nitrogens with one attached hydrogen (secondary N) is 1. The van der Waals surface area contributed by atoms with Crippen LogP contribution in [0.1, 0.15) is 6.42 Å². The lowest BCUT2D eigenvalue weighted by molar-refractivity contribution is -0.120. The Morgan fingerprint density at radius 2 is 2.19 bits per heavy atom. The minimum absolute atomic E-state index is 0.117. The first-order valence-electron chi connectivity index (χ1n) is 5.23. The van der Waals surface area contributed by atoms with Crippen LogP contribution in [-0.2, 0) is 4.79 Å². The van der Waals surface area contributed by atoms with Gasteiger partial charge in [-0.1, -0.05) is 0 Å². The van der Waals surface area contributed by atoms with E-state index in [-0.39, 0.29) is 5.91 Å². The maximum atomic E-state index is 11.2. The van der Waals surface area contributed by atoms with Crippen LogP contribution in [-0.4, -0.2) is 25.5 Å². The Balaban J connectivity index is 2.19. The Kier molecular flexibility index (Phi) is 3.52. The number of halogens is 1. The van der Waals surface area contributed by atoms with Crippen molar-refractivity contribution in [1.29, 1.82) is 0 Å². The maximum Gasteiger partial charge on any atom is 0.221 e. The van der Waals surface area contributed by atoms with Crippen molar-refractivity contribution in [2.24, 2.45) is 0 Å². The second kappa shape index (κ2) is 4.90. The van der Waals surface area contributed by atoms with E-state index in [1.807, 2.05) is 18.2 Å². The van der Waals surface area contributed by atoms with Gasteiger partial charge in [-0.25, -0.2) is 0 Å². The van der Waals surface area contributed by atoms with E-state index in [4.69, 9.17) is 5.73 Å². The van der Waals surface area contributed by atoms with Crippen molar-refractivity contribution in [3.05, 3.63) is 21.8 Å². The average Bonchev–Trinajstić information content (AvgIpc) is 2.43. The lowest BCUT2D eigenvalue weighted by Crippen LogP contribution is -2.28. The largest absolute Gasteiger partial charge is 0.397 e. The van der Waals surface area contributed by atoms with Crippen molar-refractivity contribution < 1.29 is 4.79 Å². The van der Waals surface area contributed by atoms with E-state index in [1.54, 1.807) is 0 Å². The molecule has 0 radical (unpaired) electrons. The monoisotopic (exact) mass is 331 g/mol. The summed E-state index contributed by atoms with van der Waals surface area (Å²) in [6.07, 6.45) is 0.533. The van der Waals surface area contributed by atoms with Gasteiger partial charge in [-0.05, 0) is 40.8 Å². The molecule has 0 spiro atoms. The molecule has 0 saturated carbocycles. The smallest absolute Gasteiger partial charge is 0.221 e. The van der Waals surface area contributed by atoms with Crippen molar-refractivity contribution in [3.8, 4) is 0 Å². The molecule has 1 amide bonds. The molecule has 2 rings (SSSR count). The van der Waals surface area contributed by atoms with Crippen LogP contribution in [0.5, 0.6) is 0 Å². The highest BCUT2D eigenvalue weighted by atomic mass is 127. The van der Waals surface area contributed by atoms with Crippen molar-refractivity contribution in [1.82, 2.24) is 5.32 Å². The summed E-state index contributed by atoms with van der Waals surface area (Å²) < 4.78 is 1.13. The molecule has 1 aromatic carbocycles. The second-order valence-electron chi connectivity index (χ2n) is 3.79. The minimum Gasteiger partial charge on any atom is -0.397 e. The summed E-state index contributed by atoms with van der Waals surface area (Å²) in [5.41, 5.74) is 7.79. The summed E-state index contributed by atoms with van der Waals surface area (Å²) in [5.74, 6) is 0.117. The fourth-order valence-electron chi connectivity index (χ4n) is 1.82. The molecule has 1 aromatic rings. The first-order chi connectivity index (χ1) is 7.66. The number of nitrogen functional groups attached to an aromatic ring is 1. The van der Waals surface area contributed by atoms with E-state index >= 15 is 0 Å². The molecule has 3 N–H and O–H groups in total. The van der Waals surface area contributed by atoms with Crippen molar-refractivity contribution in [3.63, 3.8) is 0 Å². The van der Waals surface area contributed by atoms with Crippen LogP contribution in [0.3, 0.4) is 0 Å². The number of benzene rings is 1. The van der Waals surface area contributed by atoms with Crippen LogP contribution >= 0.6 is 22.6 Å². The Bertz CT molecular complexity index is 408. The van der Waals surface area contributed by atoms with E-state index in [9.17, 15) is 4.79 Å². The third-order valence-corrected chi connectivity index (χ3v) is 3.31. The summed E-state index contributed by atoms with van der Waals surface area (Å²) in [4.78, 5) is 13.4. The number of nitrogens with zero attached hydrogens (tertiary/aromatic N) is 1. The summed E-state index contributed by atoms with van der Waals surface area (Å²) in [5, 5.41) is 2.85. The SMILES string of the molecule is Nc1cc(I)ccc1N1CCNC(=O)CC1. The molecule has 0 atom stereocenters.